The summed E-state index contributed by atoms with van der Waals surface area (Å²) in [6.07, 6.45) is 0. The number of hydrogen-bond acceptors (Lipinski definition) is 3. The minimum absolute atomic E-state index is 0.110. The van der Waals surface area contributed by atoms with Crippen molar-refractivity contribution in [3.05, 3.63) is 22.3 Å². The van der Waals surface area contributed by atoms with E-state index in [0.717, 1.165) is 29.1 Å². The Morgan fingerprint density at radius 2 is 2.06 bits per heavy atom. The maximum Gasteiger partial charge on any atom is 0.128 e. The Morgan fingerprint density at radius 3 is 2.53 bits per heavy atom. The van der Waals surface area contributed by atoms with E-state index in [2.05, 4.69) is 52.7 Å². The van der Waals surface area contributed by atoms with Crippen LogP contribution in [0.15, 0.2) is 16.6 Å². The van der Waals surface area contributed by atoms with Gasteiger partial charge in [-0.15, -0.1) is 0 Å². The van der Waals surface area contributed by atoms with Gasteiger partial charge in [0.15, 0.2) is 0 Å². The third-order valence-corrected chi connectivity index (χ3v) is 3.72. The van der Waals surface area contributed by atoms with Gasteiger partial charge in [-0.3, -0.25) is 0 Å². The summed E-state index contributed by atoms with van der Waals surface area (Å²) in [4.78, 5) is 6.87. The van der Waals surface area contributed by atoms with Crippen LogP contribution in [0, 0.1) is 12.3 Å². The van der Waals surface area contributed by atoms with Crippen molar-refractivity contribution in [3.8, 4) is 0 Å². The Balaban J connectivity index is 2.90. The van der Waals surface area contributed by atoms with Crippen molar-refractivity contribution in [1.29, 1.82) is 0 Å². The lowest BCUT2D eigenvalue weighted by Gasteiger charge is -2.32. The van der Waals surface area contributed by atoms with Gasteiger partial charge in [0.1, 0.15) is 5.82 Å². The molecule has 0 fully saturated rings. The molecule has 0 aliphatic heterocycles. The maximum atomic E-state index is 5.79. The highest BCUT2D eigenvalue weighted by Crippen LogP contribution is 2.22. The average Bonchev–Trinajstić information content (AvgIpc) is 2.30. The van der Waals surface area contributed by atoms with Crippen LogP contribution in [0.3, 0.4) is 0 Å². The van der Waals surface area contributed by atoms with Gasteiger partial charge >= 0.3 is 0 Å². The van der Waals surface area contributed by atoms with Crippen LogP contribution in [-0.2, 0) is 0 Å². The van der Waals surface area contributed by atoms with Crippen LogP contribution >= 0.6 is 15.9 Å². The zero-order valence-corrected chi connectivity index (χ0v) is 12.7. The monoisotopic (exact) mass is 299 g/mol. The van der Waals surface area contributed by atoms with Gasteiger partial charge in [-0.05, 0) is 53.9 Å². The van der Waals surface area contributed by atoms with E-state index in [4.69, 9.17) is 5.73 Å². The molecule has 17 heavy (non-hydrogen) atoms. The number of nitrogens with two attached hydrogens (primary N) is 1. The molecule has 0 saturated heterocycles. The summed E-state index contributed by atoms with van der Waals surface area (Å²) in [6, 6.07) is 4.10. The lowest BCUT2D eigenvalue weighted by atomic mass is 9.93. The van der Waals surface area contributed by atoms with E-state index in [1.165, 1.54) is 0 Å². The van der Waals surface area contributed by atoms with Crippen molar-refractivity contribution < 1.29 is 0 Å². The number of hydrogen-bond donors (Lipinski definition) is 1. The minimum atomic E-state index is 0.110. The summed E-state index contributed by atoms with van der Waals surface area (Å²) in [6.45, 7) is 11.1. The Labute approximate surface area is 113 Å². The summed E-state index contributed by atoms with van der Waals surface area (Å²) >= 11 is 3.47. The number of anilines is 1. The minimum Gasteiger partial charge on any atom is -0.356 e. The highest BCUT2D eigenvalue weighted by atomic mass is 79.9. The average molecular weight is 300 g/mol. The summed E-state index contributed by atoms with van der Waals surface area (Å²) < 4.78 is 1.05. The molecule has 0 unspecified atom stereocenters. The van der Waals surface area contributed by atoms with Gasteiger partial charge in [0.05, 0.1) is 5.69 Å². The summed E-state index contributed by atoms with van der Waals surface area (Å²) in [5.41, 5.74) is 6.92. The van der Waals surface area contributed by atoms with Gasteiger partial charge in [-0.25, -0.2) is 4.98 Å². The Morgan fingerprint density at radius 1 is 1.41 bits per heavy atom. The molecule has 3 nitrogen and oxygen atoms in total. The fourth-order valence-electron chi connectivity index (χ4n) is 1.64. The van der Waals surface area contributed by atoms with Crippen molar-refractivity contribution in [2.75, 3.05) is 24.5 Å². The van der Waals surface area contributed by atoms with Gasteiger partial charge in [-0.1, -0.05) is 13.8 Å². The van der Waals surface area contributed by atoms with E-state index >= 15 is 0 Å². The second-order valence-electron chi connectivity index (χ2n) is 5.12. The molecule has 0 aliphatic rings. The van der Waals surface area contributed by atoms with Crippen molar-refractivity contribution in [1.82, 2.24) is 4.98 Å². The lowest BCUT2D eigenvalue weighted by Crippen LogP contribution is -2.39. The van der Waals surface area contributed by atoms with E-state index < -0.39 is 0 Å². The van der Waals surface area contributed by atoms with E-state index in [1.54, 1.807) is 0 Å². The van der Waals surface area contributed by atoms with E-state index in [-0.39, 0.29) is 5.41 Å². The molecular formula is C13H22BrN3. The Hall–Kier alpha value is -0.610. The number of aryl methyl sites for hydroxylation is 1. The van der Waals surface area contributed by atoms with Crippen molar-refractivity contribution in [2.24, 2.45) is 11.1 Å². The van der Waals surface area contributed by atoms with Gasteiger partial charge in [0.2, 0.25) is 0 Å². The predicted octanol–water partition coefficient (Wildman–Crippen LogP) is 2.96. The van der Waals surface area contributed by atoms with Crippen LogP contribution in [0.1, 0.15) is 26.5 Å². The fourth-order valence-corrected chi connectivity index (χ4v) is 1.86. The number of aromatic nitrogens is 1. The van der Waals surface area contributed by atoms with Gasteiger partial charge in [-0.2, -0.15) is 0 Å². The van der Waals surface area contributed by atoms with Crippen molar-refractivity contribution in [2.45, 2.75) is 27.7 Å². The molecule has 0 aliphatic carbocycles. The molecule has 0 saturated carbocycles. The molecule has 0 radical (unpaired) electrons. The van der Waals surface area contributed by atoms with Crippen LogP contribution in [0.2, 0.25) is 0 Å². The molecule has 1 heterocycles. The molecule has 1 aromatic heterocycles. The van der Waals surface area contributed by atoms with Crippen LogP contribution < -0.4 is 10.6 Å². The second-order valence-corrected chi connectivity index (χ2v) is 5.97. The SMILES string of the molecule is CCN(CC(C)(C)CN)c1ccc(Br)c(C)n1. The largest absolute Gasteiger partial charge is 0.356 e. The third-order valence-electron chi connectivity index (χ3n) is 2.88. The smallest absolute Gasteiger partial charge is 0.128 e. The summed E-state index contributed by atoms with van der Waals surface area (Å²) in [5, 5.41) is 0. The molecule has 4 heteroatoms. The van der Waals surface area contributed by atoms with E-state index in [9.17, 15) is 0 Å². The first-order chi connectivity index (χ1) is 7.89. The topological polar surface area (TPSA) is 42.1 Å². The van der Waals surface area contributed by atoms with Crippen molar-refractivity contribution in [3.63, 3.8) is 0 Å². The molecular weight excluding hydrogens is 278 g/mol. The molecule has 96 valence electrons. The third kappa shape index (κ3) is 3.96. The van der Waals surface area contributed by atoms with Crippen LogP contribution in [-0.4, -0.2) is 24.6 Å². The molecule has 2 N–H and O–H groups in total. The normalized spacial score (nSPS) is 11.6. The lowest BCUT2D eigenvalue weighted by molar-refractivity contribution is 0.378. The first-order valence-electron chi connectivity index (χ1n) is 5.98. The van der Waals surface area contributed by atoms with Gasteiger partial charge in [0.25, 0.3) is 0 Å². The van der Waals surface area contributed by atoms with E-state index in [1.807, 2.05) is 13.0 Å². The molecule has 1 aromatic rings. The number of nitrogens with zero attached hydrogens (tertiary/aromatic N) is 2. The van der Waals surface area contributed by atoms with Crippen LogP contribution in [0.25, 0.3) is 0 Å². The van der Waals surface area contributed by atoms with Crippen LogP contribution in [0.5, 0.6) is 0 Å². The first kappa shape index (κ1) is 14.5. The zero-order chi connectivity index (χ0) is 13.1. The van der Waals surface area contributed by atoms with Crippen LogP contribution in [0.4, 0.5) is 5.82 Å². The zero-order valence-electron chi connectivity index (χ0n) is 11.1. The van der Waals surface area contributed by atoms with Gasteiger partial charge < -0.3 is 10.6 Å². The maximum absolute atomic E-state index is 5.79. The molecule has 0 amide bonds. The number of halogens is 1. The number of rotatable bonds is 5. The predicted molar refractivity (Wildman–Crippen MR) is 77.4 cm³/mol. The molecule has 0 aromatic carbocycles. The highest BCUT2D eigenvalue weighted by Gasteiger charge is 2.20. The van der Waals surface area contributed by atoms with E-state index in [0.29, 0.717) is 6.54 Å². The number of pyridine rings is 1. The molecule has 0 spiro atoms. The highest BCUT2D eigenvalue weighted by molar-refractivity contribution is 9.10. The van der Waals surface area contributed by atoms with Gasteiger partial charge in [0, 0.05) is 17.6 Å². The standard InChI is InChI=1S/C13H22BrN3/c1-5-17(9-13(3,4)8-15)12-7-6-11(14)10(2)16-12/h6-7H,5,8-9,15H2,1-4H3. The second kappa shape index (κ2) is 5.83. The Bertz CT molecular complexity index is 377. The molecule has 0 bridgehead atoms. The Kier molecular flexibility index (Phi) is 4.95. The first-order valence-corrected chi connectivity index (χ1v) is 6.77. The quantitative estimate of drug-likeness (QED) is 0.909. The summed E-state index contributed by atoms with van der Waals surface area (Å²) in [7, 11) is 0. The molecule has 1 rings (SSSR count). The summed E-state index contributed by atoms with van der Waals surface area (Å²) in [5.74, 6) is 1.02. The van der Waals surface area contributed by atoms with Crippen molar-refractivity contribution >= 4 is 21.7 Å². The molecule has 0 atom stereocenters. The fraction of sp³-hybridized carbons (Fsp3) is 0.615.